The van der Waals surface area contributed by atoms with Gasteiger partial charge in [0.15, 0.2) is 0 Å². The van der Waals surface area contributed by atoms with Crippen LogP contribution in [0, 0.1) is 10.1 Å². The first-order valence-corrected chi connectivity index (χ1v) is 4.25. The van der Waals surface area contributed by atoms with Gasteiger partial charge in [-0.1, -0.05) is 0 Å². The zero-order chi connectivity index (χ0) is 9.26. The fourth-order valence-electron chi connectivity index (χ4n) is 1.56. The van der Waals surface area contributed by atoms with Crippen molar-refractivity contribution < 1.29 is 9.34 Å². The molecule has 1 fully saturated rings. The maximum absolute atomic E-state index is 10.3. The number of nitro groups is 1. The van der Waals surface area contributed by atoms with Crippen molar-refractivity contribution in [1.29, 1.82) is 0 Å². The predicted molar refractivity (Wildman–Crippen MR) is 45.3 cm³/mol. The molecule has 0 spiro atoms. The standard InChI is InChI=1S/C8H10N2O3/c11-10(12)8-4-3-7(13-8)6-2-1-5-9-6/h3-4,6,9H,1-2,5H2/t6-/m1/s1. The lowest BCUT2D eigenvalue weighted by atomic mass is 10.2. The first-order chi connectivity index (χ1) is 6.27. The van der Waals surface area contributed by atoms with Crippen molar-refractivity contribution in [3.63, 3.8) is 0 Å². The normalized spacial score (nSPS) is 22.0. The van der Waals surface area contributed by atoms with Gasteiger partial charge in [0.25, 0.3) is 0 Å². The van der Waals surface area contributed by atoms with Crippen LogP contribution in [0.25, 0.3) is 0 Å². The van der Waals surface area contributed by atoms with Gasteiger partial charge in [0.2, 0.25) is 0 Å². The highest BCUT2D eigenvalue weighted by molar-refractivity contribution is 5.20. The first-order valence-electron chi connectivity index (χ1n) is 4.25. The molecule has 1 N–H and O–H groups in total. The molecule has 13 heavy (non-hydrogen) atoms. The van der Waals surface area contributed by atoms with E-state index in [1.165, 1.54) is 6.07 Å². The molecule has 1 aliphatic heterocycles. The molecule has 1 aromatic heterocycles. The molecule has 70 valence electrons. The molecule has 1 saturated heterocycles. The number of rotatable bonds is 2. The van der Waals surface area contributed by atoms with Crippen LogP contribution in [0.4, 0.5) is 5.88 Å². The van der Waals surface area contributed by atoms with E-state index in [0.29, 0.717) is 5.76 Å². The number of nitrogens with zero attached hydrogens (tertiary/aromatic N) is 1. The fraction of sp³-hybridized carbons (Fsp3) is 0.500. The summed E-state index contributed by atoms with van der Waals surface area (Å²) < 4.78 is 5.07. The van der Waals surface area contributed by atoms with Gasteiger partial charge in [0, 0.05) is 0 Å². The summed E-state index contributed by atoms with van der Waals surface area (Å²) >= 11 is 0. The molecular weight excluding hydrogens is 172 g/mol. The van der Waals surface area contributed by atoms with Crippen molar-refractivity contribution in [2.45, 2.75) is 18.9 Å². The second-order valence-corrected chi connectivity index (χ2v) is 3.08. The first kappa shape index (κ1) is 8.25. The van der Waals surface area contributed by atoms with Crippen molar-refractivity contribution >= 4 is 5.88 Å². The molecule has 0 unspecified atom stereocenters. The minimum atomic E-state index is -0.515. The summed E-state index contributed by atoms with van der Waals surface area (Å²) in [6.07, 6.45) is 2.09. The largest absolute Gasteiger partial charge is 0.433 e. The molecule has 0 radical (unpaired) electrons. The molecule has 5 nitrogen and oxygen atoms in total. The van der Waals surface area contributed by atoms with Gasteiger partial charge < -0.3 is 9.73 Å². The summed E-state index contributed by atoms with van der Waals surface area (Å²) in [5, 5.41) is 13.5. The van der Waals surface area contributed by atoms with E-state index in [2.05, 4.69) is 5.32 Å². The molecule has 2 rings (SSSR count). The highest BCUT2D eigenvalue weighted by atomic mass is 16.6. The van der Waals surface area contributed by atoms with Gasteiger partial charge in [-0.25, -0.2) is 0 Å². The van der Waals surface area contributed by atoms with Crippen LogP contribution in [0.3, 0.4) is 0 Å². The van der Waals surface area contributed by atoms with E-state index in [9.17, 15) is 10.1 Å². The van der Waals surface area contributed by atoms with E-state index in [0.717, 1.165) is 19.4 Å². The molecule has 1 aromatic rings. The Balaban J connectivity index is 2.16. The Hall–Kier alpha value is -1.36. The molecule has 2 heterocycles. The van der Waals surface area contributed by atoms with Gasteiger partial charge in [0.1, 0.15) is 10.7 Å². The quantitative estimate of drug-likeness (QED) is 0.557. The van der Waals surface area contributed by atoms with Crippen LogP contribution in [0.2, 0.25) is 0 Å². The van der Waals surface area contributed by atoms with Crippen LogP contribution in [0.5, 0.6) is 0 Å². The van der Waals surface area contributed by atoms with Gasteiger partial charge in [-0.2, -0.15) is 0 Å². The van der Waals surface area contributed by atoms with Crippen LogP contribution >= 0.6 is 0 Å². The van der Waals surface area contributed by atoms with Crippen LogP contribution in [0.1, 0.15) is 24.6 Å². The third-order valence-corrected chi connectivity index (χ3v) is 2.20. The topological polar surface area (TPSA) is 68.3 Å². The molecule has 0 aliphatic carbocycles. The second kappa shape index (κ2) is 3.18. The van der Waals surface area contributed by atoms with Crippen molar-refractivity contribution in [3.8, 4) is 0 Å². The Kier molecular flexibility index (Phi) is 2.02. The summed E-state index contributed by atoms with van der Waals surface area (Å²) in [5.41, 5.74) is 0. The predicted octanol–water partition coefficient (Wildman–Crippen LogP) is 1.61. The lowest BCUT2D eigenvalue weighted by molar-refractivity contribution is -0.402. The van der Waals surface area contributed by atoms with Crippen molar-refractivity contribution in [1.82, 2.24) is 5.32 Å². The number of hydrogen-bond acceptors (Lipinski definition) is 4. The monoisotopic (exact) mass is 182 g/mol. The van der Waals surface area contributed by atoms with Gasteiger partial charge in [0.05, 0.1) is 12.1 Å². The average molecular weight is 182 g/mol. The van der Waals surface area contributed by atoms with Crippen molar-refractivity contribution in [2.24, 2.45) is 0 Å². The van der Waals surface area contributed by atoms with Crippen molar-refractivity contribution in [3.05, 3.63) is 28.0 Å². The van der Waals surface area contributed by atoms with Gasteiger partial charge >= 0.3 is 5.88 Å². The summed E-state index contributed by atoms with van der Waals surface area (Å²) in [7, 11) is 0. The molecule has 0 aromatic carbocycles. The lowest BCUT2D eigenvalue weighted by Crippen LogP contribution is -2.11. The van der Waals surface area contributed by atoms with E-state index in [1.54, 1.807) is 6.07 Å². The zero-order valence-corrected chi connectivity index (χ0v) is 7.03. The fourth-order valence-corrected chi connectivity index (χ4v) is 1.56. The molecular formula is C8H10N2O3. The summed E-state index contributed by atoms with van der Waals surface area (Å²) in [4.78, 5) is 9.81. The summed E-state index contributed by atoms with van der Waals surface area (Å²) in [5.74, 6) is 0.493. The smallest absolute Gasteiger partial charge is 0.404 e. The minimum Gasteiger partial charge on any atom is -0.404 e. The second-order valence-electron chi connectivity index (χ2n) is 3.08. The Labute approximate surface area is 74.9 Å². The average Bonchev–Trinajstić information content (AvgIpc) is 2.75. The molecule has 1 aliphatic rings. The van der Waals surface area contributed by atoms with Crippen LogP contribution in [0.15, 0.2) is 16.5 Å². The number of furan rings is 1. The third-order valence-electron chi connectivity index (χ3n) is 2.20. The number of nitrogens with one attached hydrogen (secondary N) is 1. The van der Waals surface area contributed by atoms with Gasteiger partial charge in [-0.05, 0) is 25.5 Å². The lowest BCUT2D eigenvalue weighted by Gasteiger charge is -2.03. The highest BCUT2D eigenvalue weighted by Crippen LogP contribution is 2.27. The molecule has 5 heteroatoms. The number of hydrogen-bond donors (Lipinski definition) is 1. The molecule has 0 amide bonds. The Morgan fingerprint density at radius 3 is 3.00 bits per heavy atom. The van der Waals surface area contributed by atoms with E-state index < -0.39 is 4.92 Å². The van der Waals surface area contributed by atoms with E-state index in [1.807, 2.05) is 0 Å². The Morgan fingerprint density at radius 2 is 2.46 bits per heavy atom. The van der Waals surface area contributed by atoms with Crippen LogP contribution in [-0.2, 0) is 0 Å². The summed E-state index contributed by atoms with van der Waals surface area (Å²) in [6, 6.07) is 3.23. The molecule has 1 atom stereocenters. The van der Waals surface area contributed by atoms with Gasteiger partial charge in [-0.3, -0.25) is 10.1 Å². The van der Waals surface area contributed by atoms with Crippen LogP contribution in [-0.4, -0.2) is 11.5 Å². The van der Waals surface area contributed by atoms with E-state index in [-0.39, 0.29) is 11.9 Å². The Bertz CT molecular complexity index is 315. The molecule has 0 saturated carbocycles. The SMILES string of the molecule is O=[N+]([O-])c1ccc([C@H]2CCCN2)o1. The van der Waals surface area contributed by atoms with Crippen molar-refractivity contribution in [2.75, 3.05) is 6.54 Å². The maximum Gasteiger partial charge on any atom is 0.433 e. The maximum atomic E-state index is 10.3. The minimum absolute atomic E-state index is 0.161. The summed E-state index contributed by atoms with van der Waals surface area (Å²) in [6.45, 7) is 0.958. The van der Waals surface area contributed by atoms with E-state index in [4.69, 9.17) is 4.42 Å². The molecule has 0 bridgehead atoms. The third kappa shape index (κ3) is 1.55. The zero-order valence-electron chi connectivity index (χ0n) is 7.03. The van der Waals surface area contributed by atoms with Gasteiger partial charge in [-0.15, -0.1) is 0 Å². The van der Waals surface area contributed by atoms with Crippen LogP contribution < -0.4 is 5.32 Å². The highest BCUT2D eigenvalue weighted by Gasteiger charge is 2.22. The van der Waals surface area contributed by atoms with E-state index >= 15 is 0 Å². The Morgan fingerprint density at radius 1 is 1.62 bits per heavy atom.